The van der Waals surface area contributed by atoms with Crippen molar-refractivity contribution in [1.29, 1.82) is 0 Å². The normalized spacial score (nSPS) is 23.1. The average molecular weight is 373 g/mol. The molecule has 2 bridgehead atoms. The van der Waals surface area contributed by atoms with Crippen molar-refractivity contribution in [2.75, 3.05) is 19.6 Å². The number of carbonyl (C=O) groups is 1. The largest absolute Gasteiger partial charge is 0.337 e. The average Bonchev–Trinajstić information content (AvgIpc) is 2.96. The van der Waals surface area contributed by atoms with Crippen LogP contribution in [0.4, 0.5) is 4.39 Å². The van der Waals surface area contributed by atoms with Crippen molar-refractivity contribution in [3.05, 3.63) is 70.5 Å². The molecular formula is C21H22ClFN2O. The van der Waals surface area contributed by atoms with Crippen LogP contribution in [-0.4, -0.2) is 41.4 Å². The van der Waals surface area contributed by atoms with E-state index in [1.54, 1.807) is 0 Å². The lowest BCUT2D eigenvalue weighted by molar-refractivity contribution is 0.0736. The van der Waals surface area contributed by atoms with Crippen molar-refractivity contribution in [1.82, 2.24) is 9.80 Å². The van der Waals surface area contributed by atoms with E-state index in [1.807, 2.05) is 11.0 Å². The van der Waals surface area contributed by atoms with Crippen LogP contribution in [0, 0.1) is 11.7 Å². The van der Waals surface area contributed by atoms with Gasteiger partial charge in [-0.1, -0.05) is 41.9 Å². The van der Waals surface area contributed by atoms with Crippen LogP contribution in [0.5, 0.6) is 0 Å². The maximum Gasteiger partial charge on any atom is 0.253 e. The summed E-state index contributed by atoms with van der Waals surface area (Å²) >= 11 is 5.86. The number of halogens is 2. The smallest absolute Gasteiger partial charge is 0.253 e. The first-order chi connectivity index (χ1) is 12.6. The third-order valence-electron chi connectivity index (χ3n) is 5.51. The molecule has 3 saturated heterocycles. The van der Waals surface area contributed by atoms with Crippen molar-refractivity contribution in [3.63, 3.8) is 0 Å². The fourth-order valence-corrected chi connectivity index (χ4v) is 4.35. The first-order valence-corrected chi connectivity index (χ1v) is 9.50. The molecule has 3 aliphatic heterocycles. The van der Waals surface area contributed by atoms with E-state index in [9.17, 15) is 9.18 Å². The van der Waals surface area contributed by atoms with E-state index < -0.39 is 5.82 Å². The van der Waals surface area contributed by atoms with Gasteiger partial charge in [0.2, 0.25) is 0 Å². The molecule has 136 valence electrons. The van der Waals surface area contributed by atoms with Gasteiger partial charge in [0.15, 0.2) is 0 Å². The van der Waals surface area contributed by atoms with Gasteiger partial charge in [0.1, 0.15) is 5.82 Å². The van der Waals surface area contributed by atoms with Crippen molar-refractivity contribution in [2.24, 2.45) is 5.92 Å². The number of carbonyl (C=O) groups excluding carboxylic acids is 1. The van der Waals surface area contributed by atoms with E-state index >= 15 is 0 Å². The fourth-order valence-electron chi connectivity index (χ4n) is 4.17. The quantitative estimate of drug-likeness (QED) is 0.805. The van der Waals surface area contributed by atoms with Crippen molar-refractivity contribution in [3.8, 4) is 0 Å². The summed E-state index contributed by atoms with van der Waals surface area (Å²) in [5.41, 5.74) is 1.77. The molecule has 0 aliphatic carbocycles. The van der Waals surface area contributed by atoms with Gasteiger partial charge in [0.25, 0.3) is 5.91 Å². The highest BCUT2D eigenvalue weighted by Gasteiger charge is 2.36. The second-order valence-corrected chi connectivity index (χ2v) is 7.76. The van der Waals surface area contributed by atoms with Gasteiger partial charge in [-0.15, -0.1) is 0 Å². The Labute approximate surface area is 158 Å². The monoisotopic (exact) mass is 372 g/mol. The van der Waals surface area contributed by atoms with Gasteiger partial charge in [-0.3, -0.25) is 9.69 Å². The van der Waals surface area contributed by atoms with Crippen LogP contribution in [0.25, 0.3) is 0 Å². The van der Waals surface area contributed by atoms with Crippen LogP contribution in [-0.2, 0) is 6.54 Å². The minimum atomic E-state index is -0.492. The molecule has 3 aliphatic rings. The summed E-state index contributed by atoms with van der Waals surface area (Å²) in [5, 5.41) is -0.000604. The zero-order chi connectivity index (χ0) is 18.1. The number of benzene rings is 2. The zero-order valence-electron chi connectivity index (χ0n) is 14.6. The van der Waals surface area contributed by atoms with Gasteiger partial charge in [-0.25, -0.2) is 4.39 Å². The number of rotatable bonds is 3. The Bertz CT molecular complexity index is 798. The second kappa shape index (κ2) is 7.37. The number of amides is 1. The summed E-state index contributed by atoms with van der Waals surface area (Å²) in [7, 11) is 0. The van der Waals surface area contributed by atoms with Gasteiger partial charge in [-0.2, -0.15) is 0 Å². The van der Waals surface area contributed by atoms with E-state index in [1.165, 1.54) is 23.8 Å². The van der Waals surface area contributed by atoms with Gasteiger partial charge >= 0.3 is 0 Å². The molecule has 2 aromatic carbocycles. The predicted octanol–water partition coefficient (Wildman–Crippen LogP) is 4.22. The lowest BCUT2D eigenvalue weighted by Gasteiger charge is -2.36. The van der Waals surface area contributed by atoms with E-state index in [0.29, 0.717) is 17.5 Å². The molecule has 5 heteroatoms. The molecule has 1 amide bonds. The lowest BCUT2D eigenvalue weighted by Crippen LogP contribution is -2.43. The zero-order valence-corrected chi connectivity index (χ0v) is 15.3. The first kappa shape index (κ1) is 17.5. The third-order valence-corrected chi connectivity index (χ3v) is 5.80. The maximum absolute atomic E-state index is 13.4. The Morgan fingerprint density at radius 2 is 1.88 bits per heavy atom. The minimum absolute atomic E-state index is 0.000604. The molecule has 2 aromatic rings. The Kier molecular flexibility index (Phi) is 4.96. The van der Waals surface area contributed by atoms with E-state index in [-0.39, 0.29) is 10.9 Å². The first-order valence-electron chi connectivity index (χ1n) is 9.12. The van der Waals surface area contributed by atoms with E-state index in [0.717, 1.165) is 39.0 Å². The number of piperidine rings is 1. The van der Waals surface area contributed by atoms with E-state index in [2.05, 4.69) is 29.2 Å². The molecule has 0 radical (unpaired) electrons. The standard InChI is InChI=1S/C21H22ClFN2O/c22-19-10-17(7-9-20(19)23)21(26)25-13-16-6-8-18(14-25)24(12-16)11-15-4-2-1-3-5-15/h1-5,7,9-10,16,18H,6,8,11-14H2/t16-,18-/m0/s1. The summed E-state index contributed by atoms with van der Waals surface area (Å²) < 4.78 is 13.4. The fraction of sp³-hybridized carbons (Fsp3) is 0.381. The Hall–Kier alpha value is -1.91. The van der Waals surface area contributed by atoms with Crippen molar-refractivity contribution >= 4 is 17.5 Å². The molecule has 3 nitrogen and oxygen atoms in total. The second-order valence-electron chi connectivity index (χ2n) is 7.35. The third kappa shape index (κ3) is 3.62. The maximum atomic E-state index is 13.4. The van der Waals surface area contributed by atoms with Crippen LogP contribution in [0.15, 0.2) is 48.5 Å². The number of nitrogens with zero attached hydrogens (tertiary/aromatic N) is 2. The summed E-state index contributed by atoms with van der Waals surface area (Å²) in [5.74, 6) is -0.0594. The molecule has 0 saturated carbocycles. The molecule has 3 heterocycles. The highest BCUT2D eigenvalue weighted by molar-refractivity contribution is 6.31. The summed E-state index contributed by atoms with van der Waals surface area (Å²) in [6, 6.07) is 15.1. The van der Waals surface area contributed by atoms with Gasteiger partial charge in [0, 0.05) is 37.8 Å². The lowest BCUT2D eigenvalue weighted by atomic mass is 9.94. The Morgan fingerprint density at radius 3 is 2.65 bits per heavy atom. The molecule has 0 aromatic heterocycles. The minimum Gasteiger partial charge on any atom is -0.337 e. The van der Waals surface area contributed by atoms with Crippen molar-refractivity contribution < 1.29 is 9.18 Å². The molecule has 0 unspecified atom stereocenters. The Morgan fingerprint density at radius 1 is 1.08 bits per heavy atom. The van der Waals surface area contributed by atoms with Crippen LogP contribution in [0.1, 0.15) is 28.8 Å². The van der Waals surface area contributed by atoms with Gasteiger partial charge in [-0.05, 0) is 42.5 Å². The summed E-state index contributed by atoms with van der Waals surface area (Å²) in [6.07, 6.45) is 2.27. The van der Waals surface area contributed by atoms with Crippen LogP contribution in [0.2, 0.25) is 5.02 Å². The predicted molar refractivity (Wildman–Crippen MR) is 101 cm³/mol. The van der Waals surface area contributed by atoms with Crippen molar-refractivity contribution in [2.45, 2.75) is 25.4 Å². The summed E-state index contributed by atoms with van der Waals surface area (Å²) in [6.45, 7) is 3.42. The number of hydrogen-bond donors (Lipinski definition) is 0. The molecule has 0 spiro atoms. The molecular weight excluding hydrogens is 351 g/mol. The highest BCUT2D eigenvalue weighted by Crippen LogP contribution is 2.30. The number of fused-ring (bicyclic) bond motifs is 4. The topological polar surface area (TPSA) is 23.6 Å². The molecule has 26 heavy (non-hydrogen) atoms. The van der Waals surface area contributed by atoms with Gasteiger partial charge in [0.05, 0.1) is 5.02 Å². The highest BCUT2D eigenvalue weighted by atomic mass is 35.5. The molecule has 2 atom stereocenters. The van der Waals surface area contributed by atoms with Crippen LogP contribution >= 0.6 is 11.6 Å². The summed E-state index contributed by atoms with van der Waals surface area (Å²) in [4.78, 5) is 17.4. The Balaban J connectivity index is 1.50. The number of hydrogen-bond acceptors (Lipinski definition) is 2. The van der Waals surface area contributed by atoms with Crippen LogP contribution in [0.3, 0.4) is 0 Å². The van der Waals surface area contributed by atoms with Crippen LogP contribution < -0.4 is 0 Å². The van der Waals surface area contributed by atoms with Gasteiger partial charge < -0.3 is 4.90 Å². The molecule has 0 N–H and O–H groups in total. The molecule has 3 fully saturated rings. The SMILES string of the molecule is O=C(c1ccc(F)c(Cl)c1)N1C[C@H]2CC[C@@H](C1)N(Cc1ccccc1)C2. The van der Waals surface area contributed by atoms with E-state index in [4.69, 9.17) is 11.6 Å². The molecule has 5 rings (SSSR count).